The van der Waals surface area contributed by atoms with E-state index in [1.54, 1.807) is 6.92 Å². The average Bonchev–Trinajstić information content (AvgIpc) is 2.10. The smallest absolute Gasteiger partial charge is 0.337 e. The SMILES string of the molecule is Cc1cc(O)c(C(O)C(=O)O)cc1Cl. The van der Waals surface area contributed by atoms with E-state index in [1.165, 1.54) is 12.1 Å². The zero-order valence-corrected chi connectivity index (χ0v) is 8.12. The van der Waals surface area contributed by atoms with E-state index in [4.69, 9.17) is 16.7 Å². The van der Waals surface area contributed by atoms with Crippen molar-refractivity contribution < 1.29 is 20.1 Å². The number of aliphatic hydroxyl groups is 1. The highest BCUT2D eigenvalue weighted by atomic mass is 35.5. The van der Waals surface area contributed by atoms with E-state index in [-0.39, 0.29) is 11.3 Å². The van der Waals surface area contributed by atoms with Crippen molar-refractivity contribution in [3.8, 4) is 5.75 Å². The van der Waals surface area contributed by atoms with Crippen LogP contribution in [0.1, 0.15) is 17.2 Å². The summed E-state index contributed by atoms with van der Waals surface area (Å²) in [4.78, 5) is 10.4. The van der Waals surface area contributed by atoms with E-state index in [1.807, 2.05) is 0 Å². The van der Waals surface area contributed by atoms with Crippen LogP contribution in [-0.4, -0.2) is 21.3 Å². The Labute approximate surface area is 85.4 Å². The second-order valence-electron chi connectivity index (χ2n) is 2.90. The molecule has 76 valence electrons. The van der Waals surface area contributed by atoms with Crippen molar-refractivity contribution in [1.29, 1.82) is 0 Å². The molecule has 5 heteroatoms. The largest absolute Gasteiger partial charge is 0.508 e. The molecule has 0 radical (unpaired) electrons. The molecule has 14 heavy (non-hydrogen) atoms. The number of aliphatic carboxylic acids is 1. The Bertz CT molecular complexity index is 375. The molecule has 1 aromatic carbocycles. The van der Waals surface area contributed by atoms with Crippen LogP contribution < -0.4 is 0 Å². The lowest BCUT2D eigenvalue weighted by Gasteiger charge is -2.09. The molecule has 0 bridgehead atoms. The van der Waals surface area contributed by atoms with Gasteiger partial charge in [-0.25, -0.2) is 4.79 Å². The second-order valence-corrected chi connectivity index (χ2v) is 3.31. The molecule has 0 aliphatic carbocycles. The molecule has 0 amide bonds. The molecule has 1 rings (SSSR count). The maximum atomic E-state index is 10.4. The normalized spacial score (nSPS) is 12.5. The van der Waals surface area contributed by atoms with Gasteiger partial charge >= 0.3 is 5.97 Å². The average molecular weight is 217 g/mol. The third kappa shape index (κ3) is 1.97. The zero-order chi connectivity index (χ0) is 10.9. The van der Waals surface area contributed by atoms with Crippen molar-refractivity contribution in [3.05, 3.63) is 28.3 Å². The van der Waals surface area contributed by atoms with Crippen LogP contribution in [0.3, 0.4) is 0 Å². The topological polar surface area (TPSA) is 77.8 Å². The van der Waals surface area contributed by atoms with E-state index < -0.39 is 12.1 Å². The summed E-state index contributed by atoms with van der Waals surface area (Å²) >= 11 is 5.72. The van der Waals surface area contributed by atoms with Crippen molar-refractivity contribution in [2.75, 3.05) is 0 Å². The molecule has 0 aliphatic rings. The highest BCUT2D eigenvalue weighted by Gasteiger charge is 2.20. The third-order valence-corrected chi connectivity index (χ3v) is 2.24. The monoisotopic (exact) mass is 216 g/mol. The van der Waals surface area contributed by atoms with Crippen LogP contribution in [-0.2, 0) is 4.79 Å². The van der Waals surface area contributed by atoms with Crippen LogP contribution in [0.5, 0.6) is 5.75 Å². The quantitative estimate of drug-likeness (QED) is 0.700. The minimum Gasteiger partial charge on any atom is -0.508 e. The van der Waals surface area contributed by atoms with Crippen LogP contribution in [0, 0.1) is 6.92 Å². The fourth-order valence-corrected chi connectivity index (χ4v) is 1.21. The van der Waals surface area contributed by atoms with Gasteiger partial charge < -0.3 is 15.3 Å². The van der Waals surface area contributed by atoms with Crippen molar-refractivity contribution in [1.82, 2.24) is 0 Å². The molecule has 4 nitrogen and oxygen atoms in total. The van der Waals surface area contributed by atoms with Crippen LogP contribution >= 0.6 is 11.6 Å². The van der Waals surface area contributed by atoms with E-state index in [9.17, 15) is 15.0 Å². The molecule has 1 aromatic rings. The Kier molecular flexibility index (Phi) is 2.98. The number of carboxylic acids is 1. The molecular formula is C9H9ClO4. The molecule has 0 spiro atoms. The van der Waals surface area contributed by atoms with Gasteiger partial charge in [0.05, 0.1) is 0 Å². The van der Waals surface area contributed by atoms with Gasteiger partial charge in [-0.05, 0) is 24.6 Å². The van der Waals surface area contributed by atoms with Crippen LogP contribution in [0.15, 0.2) is 12.1 Å². The Balaban J connectivity index is 3.22. The van der Waals surface area contributed by atoms with Gasteiger partial charge in [0.25, 0.3) is 0 Å². The van der Waals surface area contributed by atoms with E-state index in [0.717, 1.165) is 0 Å². The lowest BCUT2D eigenvalue weighted by Crippen LogP contribution is -2.10. The number of phenolic OH excluding ortho intramolecular Hbond substituents is 1. The maximum absolute atomic E-state index is 10.4. The van der Waals surface area contributed by atoms with Gasteiger partial charge in [-0.1, -0.05) is 11.6 Å². The summed E-state index contributed by atoms with van der Waals surface area (Å²) < 4.78 is 0. The van der Waals surface area contributed by atoms with E-state index in [0.29, 0.717) is 10.6 Å². The molecule has 0 aliphatic heterocycles. The lowest BCUT2D eigenvalue weighted by atomic mass is 10.1. The minimum absolute atomic E-state index is 0.104. The first kappa shape index (κ1) is 10.8. The number of aliphatic hydroxyl groups excluding tert-OH is 1. The Morgan fingerprint density at radius 2 is 2.07 bits per heavy atom. The molecule has 3 N–H and O–H groups in total. The van der Waals surface area contributed by atoms with Crippen molar-refractivity contribution in [2.24, 2.45) is 0 Å². The van der Waals surface area contributed by atoms with E-state index in [2.05, 4.69) is 0 Å². The number of benzene rings is 1. The number of aryl methyl sites for hydroxylation is 1. The number of aromatic hydroxyl groups is 1. The fourth-order valence-electron chi connectivity index (χ4n) is 1.03. The molecule has 0 saturated heterocycles. The minimum atomic E-state index is -1.76. The van der Waals surface area contributed by atoms with Gasteiger partial charge in [-0.2, -0.15) is 0 Å². The molecular weight excluding hydrogens is 208 g/mol. The van der Waals surface area contributed by atoms with Gasteiger partial charge in [-0.15, -0.1) is 0 Å². The number of carboxylic acid groups (broad SMARTS) is 1. The number of hydrogen-bond donors (Lipinski definition) is 3. The summed E-state index contributed by atoms with van der Waals surface area (Å²) in [7, 11) is 0. The van der Waals surface area contributed by atoms with Gasteiger partial charge in [0.1, 0.15) is 5.75 Å². The van der Waals surface area contributed by atoms with Gasteiger partial charge in [0.2, 0.25) is 0 Å². The number of rotatable bonds is 2. The maximum Gasteiger partial charge on any atom is 0.337 e. The predicted octanol–water partition coefficient (Wildman–Crippen LogP) is 1.47. The number of hydrogen-bond acceptors (Lipinski definition) is 3. The summed E-state index contributed by atoms with van der Waals surface area (Å²) in [5.74, 6) is -1.71. The van der Waals surface area contributed by atoms with Gasteiger partial charge in [0.15, 0.2) is 6.10 Å². The lowest BCUT2D eigenvalue weighted by molar-refractivity contribution is -0.147. The summed E-state index contributed by atoms with van der Waals surface area (Å²) in [6.07, 6.45) is -1.76. The summed E-state index contributed by atoms with van der Waals surface area (Å²) in [5.41, 5.74) is 0.513. The molecule has 1 atom stereocenters. The Hall–Kier alpha value is -1.26. The highest BCUT2D eigenvalue weighted by molar-refractivity contribution is 6.31. The first-order valence-corrected chi connectivity index (χ1v) is 4.21. The second kappa shape index (κ2) is 3.86. The van der Waals surface area contributed by atoms with Crippen LogP contribution in [0.25, 0.3) is 0 Å². The third-order valence-electron chi connectivity index (χ3n) is 1.84. The van der Waals surface area contributed by atoms with Crippen molar-refractivity contribution in [3.63, 3.8) is 0 Å². The molecule has 0 saturated carbocycles. The Morgan fingerprint density at radius 3 is 2.57 bits per heavy atom. The first-order valence-electron chi connectivity index (χ1n) is 3.83. The number of phenols is 1. The molecule has 1 unspecified atom stereocenters. The van der Waals surface area contributed by atoms with E-state index >= 15 is 0 Å². The number of halogens is 1. The molecule has 0 aromatic heterocycles. The first-order chi connectivity index (χ1) is 6.43. The highest BCUT2D eigenvalue weighted by Crippen LogP contribution is 2.30. The van der Waals surface area contributed by atoms with Crippen molar-refractivity contribution >= 4 is 17.6 Å². The van der Waals surface area contributed by atoms with Crippen LogP contribution in [0.2, 0.25) is 5.02 Å². The zero-order valence-electron chi connectivity index (χ0n) is 7.36. The predicted molar refractivity (Wildman–Crippen MR) is 50.4 cm³/mol. The standard InChI is InChI=1S/C9H9ClO4/c1-4-2-7(11)5(3-6(4)10)8(12)9(13)14/h2-3,8,11-12H,1H3,(H,13,14). The Morgan fingerprint density at radius 1 is 1.50 bits per heavy atom. The summed E-state index contributed by atoms with van der Waals surface area (Å²) in [6.45, 7) is 1.67. The van der Waals surface area contributed by atoms with Gasteiger partial charge in [-0.3, -0.25) is 0 Å². The fraction of sp³-hybridized carbons (Fsp3) is 0.222. The van der Waals surface area contributed by atoms with Crippen molar-refractivity contribution in [2.45, 2.75) is 13.0 Å². The molecule has 0 fully saturated rings. The summed E-state index contributed by atoms with van der Waals surface area (Å²) in [6, 6.07) is 2.55. The molecule has 0 heterocycles. The van der Waals surface area contributed by atoms with Gasteiger partial charge in [0, 0.05) is 10.6 Å². The number of carbonyl (C=O) groups is 1. The summed E-state index contributed by atoms with van der Waals surface area (Å²) in [5, 5.41) is 27.3. The van der Waals surface area contributed by atoms with Crippen LogP contribution in [0.4, 0.5) is 0 Å².